The lowest BCUT2D eigenvalue weighted by atomic mass is 10.2. The van der Waals surface area contributed by atoms with Crippen LogP contribution in [0.25, 0.3) is 0 Å². The summed E-state index contributed by atoms with van der Waals surface area (Å²) in [4.78, 5) is 3.75. The molecule has 0 aliphatic heterocycles. The topological polar surface area (TPSA) is 96.8 Å². The first-order valence-electron chi connectivity index (χ1n) is 4.33. The van der Waals surface area contributed by atoms with E-state index in [0.717, 1.165) is 0 Å². The average Bonchev–Trinajstić information content (AvgIpc) is 2.17. The lowest BCUT2D eigenvalue weighted by molar-refractivity contribution is 0.595. The molecule has 0 fully saturated rings. The van der Waals surface area contributed by atoms with Crippen LogP contribution < -0.4 is 5.73 Å². The SMILES string of the molecule is N#Cc1cc(CS(=O)(=O)CCN)ccn1. The molecule has 0 spiro atoms. The summed E-state index contributed by atoms with van der Waals surface area (Å²) >= 11 is 0. The molecule has 0 saturated heterocycles. The van der Waals surface area contributed by atoms with Crippen LogP contribution in [-0.2, 0) is 15.6 Å². The zero-order valence-corrected chi connectivity index (χ0v) is 8.87. The monoisotopic (exact) mass is 225 g/mol. The summed E-state index contributed by atoms with van der Waals surface area (Å²) in [6.45, 7) is 0.110. The van der Waals surface area contributed by atoms with Crippen LogP contribution in [0.4, 0.5) is 0 Å². The summed E-state index contributed by atoms with van der Waals surface area (Å²) in [6, 6.07) is 4.90. The molecule has 0 atom stereocenters. The minimum absolute atomic E-state index is 0.0444. The number of sulfone groups is 1. The van der Waals surface area contributed by atoms with Gasteiger partial charge in [0.15, 0.2) is 9.84 Å². The van der Waals surface area contributed by atoms with Crippen molar-refractivity contribution in [1.29, 1.82) is 5.26 Å². The van der Waals surface area contributed by atoms with Crippen molar-refractivity contribution >= 4 is 9.84 Å². The van der Waals surface area contributed by atoms with Crippen molar-refractivity contribution < 1.29 is 8.42 Å². The Morgan fingerprint density at radius 2 is 2.27 bits per heavy atom. The zero-order valence-electron chi connectivity index (χ0n) is 8.05. The Balaban J connectivity index is 2.86. The van der Waals surface area contributed by atoms with E-state index in [1.807, 2.05) is 6.07 Å². The molecular weight excluding hydrogens is 214 g/mol. The molecule has 1 rings (SSSR count). The first-order valence-corrected chi connectivity index (χ1v) is 6.15. The van der Waals surface area contributed by atoms with Crippen molar-refractivity contribution in [3.8, 4) is 6.07 Å². The molecule has 0 saturated carbocycles. The normalized spacial score (nSPS) is 10.9. The maximum Gasteiger partial charge on any atom is 0.155 e. The van der Waals surface area contributed by atoms with E-state index >= 15 is 0 Å². The van der Waals surface area contributed by atoms with Crippen molar-refractivity contribution in [2.75, 3.05) is 12.3 Å². The van der Waals surface area contributed by atoms with Gasteiger partial charge in [-0.25, -0.2) is 13.4 Å². The molecule has 1 heterocycles. The summed E-state index contributed by atoms with van der Waals surface area (Å²) in [6.07, 6.45) is 1.42. The molecule has 1 aromatic heterocycles. The largest absolute Gasteiger partial charge is 0.329 e. The Labute approximate surface area is 88.5 Å². The van der Waals surface area contributed by atoms with E-state index in [2.05, 4.69) is 4.98 Å². The molecule has 0 aliphatic rings. The van der Waals surface area contributed by atoms with Crippen LogP contribution in [0.3, 0.4) is 0 Å². The Morgan fingerprint density at radius 1 is 1.53 bits per heavy atom. The lowest BCUT2D eigenvalue weighted by Gasteiger charge is -2.02. The molecule has 0 aromatic carbocycles. The summed E-state index contributed by atoms with van der Waals surface area (Å²) in [5.41, 5.74) is 5.96. The van der Waals surface area contributed by atoms with Crippen molar-refractivity contribution in [3.05, 3.63) is 29.6 Å². The average molecular weight is 225 g/mol. The maximum atomic E-state index is 11.4. The van der Waals surface area contributed by atoms with Crippen LogP contribution >= 0.6 is 0 Å². The first-order chi connectivity index (χ1) is 7.07. The van der Waals surface area contributed by atoms with Gasteiger partial charge in [-0.3, -0.25) is 0 Å². The summed E-state index contributed by atoms with van der Waals surface area (Å²) in [5, 5.41) is 8.58. The van der Waals surface area contributed by atoms with Gasteiger partial charge >= 0.3 is 0 Å². The summed E-state index contributed by atoms with van der Waals surface area (Å²) in [5.74, 6) is -0.140. The van der Waals surface area contributed by atoms with Gasteiger partial charge in [-0.2, -0.15) is 5.26 Å². The third-order valence-corrected chi connectivity index (χ3v) is 3.39. The van der Waals surface area contributed by atoms with E-state index in [9.17, 15) is 8.42 Å². The highest BCUT2D eigenvalue weighted by atomic mass is 32.2. The third kappa shape index (κ3) is 3.65. The highest BCUT2D eigenvalue weighted by Gasteiger charge is 2.11. The number of nitrogens with zero attached hydrogens (tertiary/aromatic N) is 2. The van der Waals surface area contributed by atoms with Crippen LogP contribution in [0.1, 0.15) is 11.3 Å². The van der Waals surface area contributed by atoms with Gasteiger partial charge in [0.05, 0.1) is 11.5 Å². The summed E-state index contributed by atoms with van der Waals surface area (Å²) in [7, 11) is -3.17. The van der Waals surface area contributed by atoms with Gasteiger partial charge in [-0.1, -0.05) is 0 Å². The van der Waals surface area contributed by atoms with Crippen molar-refractivity contribution in [3.63, 3.8) is 0 Å². The third-order valence-electron chi connectivity index (χ3n) is 1.75. The van der Waals surface area contributed by atoms with Crippen LogP contribution in [0, 0.1) is 11.3 Å². The highest BCUT2D eigenvalue weighted by Crippen LogP contribution is 2.06. The van der Waals surface area contributed by atoms with E-state index in [0.29, 0.717) is 5.56 Å². The molecule has 2 N–H and O–H groups in total. The van der Waals surface area contributed by atoms with Gasteiger partial charge < -0.3 is 5.73 Å². The molecule has 5 nitrogen and oxygen atoms in total. The Bertz CT molecular complexity index is 476. The fourth-order valence-electron chi connectivity index (χ4n) is 1.13. The standard InChI is InChI=1S/C9H11N3O2S/c10-2-4-15(13,14)7-8-1-3-12-9(5-8)6-11/h1,3,5H,2,4,7,10H2. The van der Waals surface area contributed by atoms with E-state index < -0.39 is 9.84 Å². The van der Waals surface area contributed by atoms with Crippen molar-refractivity contribution in [1.82, 2.24) is 4.98 Å². The number of nitriles is 1. The minimum Gasteiger partial charge on any atom is -0.329 e. The second kappa shape index (κ2) is 4.87. The number of pyridine rings is 1. The van der Waals surface area contributed by atoms with E-state index in [1.54, 1.807) is 6.07 Å². The van der Waals surface area contributed by atoms with Gasteiger partial charge in [-0.05, 0) is 17.7 Å². The van der Waals surface area contributed by atoms with Gasteiger partial charge in [0.25, 0.3) is 0 Å². The minimum atomic E-state index is -3.17. The predicted molar refractivity (Wildman–Crippen MR) is 55.5 cm³/mol. The number of nitrogens with two attached hydrogens (primary N) is 1. The second-order valence-electron chi connectivity index (χ2n) is 3.04. The zero-order chi connectivity index (χ0) is 11.3. The fourth-order valence-corrected chi connectivity index (χ4v) is 2.32. The first kappa shape index (κ1) is 11.6. The lowest BCUT2D eigenvalue weighted by Crippen LogP contribution is -2.17. The number of aromatic nitrogens is 1. The van der Waals surface area contributed by atoms with Crippen LogP contribution in [0.5, 0.6) is 0 Å². The molecule has 0 bridgehead atoms. The molecule has 0 amide bonds. The molecule has 0 unspecified atom stereocenters. The van der Waals surface area contributed by atoms with Gasteiger partial charge in [0, 0.05) is 12.7 Å². The quantitative estimate of drug-likeness (QED) is 0.767. The molecule has 0 radical (unpaired) electrons. The second-order valence-corrected chi connectivity index (χ2v) is 5.23. The molecule has 0 aliphatic carbocycles. The number of rotatable bonds is 4. The Morgan fingerprint density at radius 3 is 2.87 bits per heavy atom. The van der Waals surface area contributed by atoms with Gasteiger partial charge in [0.1, 0.15) is 11.8 Å². The predicted octanol–water partition coefficient (Wildman–Crippen LogP) is -0.173. The molecule has 1 aromatic rings. The van der Waals surface area contributed by atoms with E-state index in [4.69, 9.17) is 11.0 Å². The number of hydrogen-bond acceptors (Lipinski definition) is 5. The van der Waals surface area contributed by atoms with Crippen molar-refractivity contribution in [2.24, 2.45) is 5.73 Å². The Kier molecular flexibility index (Phi) is 3.77. The molecule has 6 heteroatoms. The fraction of sp³-hybridized carbons (Fsp3) is 0.333. The van der Waals surface area contributed by atoms with Gasteiger partial charge in [0.2, 0.25) is 0 Å². The summed E-state index contributed by atoms with van der Waals surface area (Å²) < 4.78 is 22.8. The van der Waals surface area contributed by atoms with E-state index in [-0.39, 0.29) is 23.7 Å². The van der Waals surface area contributed by atoms with Crippen molar-refractivity contribution in [2.45, 2.75) is 5.75 Å². The maximum absolute atomic E-state index is 11.4. The van der Waals surface area contributed by atoms with Gasteiger partial charge in [-0.15, -0.1) is 0 Å². The van der Waals surface area contributed by atoms with Crippen LogP contribution in [0.15, 0.2) is 18.3 Å². The molecule has 80 valence electrons. The highest BCUT2D eigenvalue weighted by molar-refractivity contribution is 7.90. The molecular formula is C9H11N3O2S. The molecule has 15 heavy (non-hydrogen) atoms. The van der Waals surface area contributed by atoms with Crippen LogP contribution in [0.2, 0.25) is 0 Å². The smallest absolute Gasteiger partial charge is 0.155 e. The van der Waals surface area contributed by atoms with E-state index in [1.165, 1.54) is 12.3 Å². The number of hydrogen-bond donors (Lipinski definition) is 1. The van der Waals surface area contributed by atoms with Crippen LogP contribution in [-0.4, -0.2) is 25.7 Å². The Hall–Kier alpha value is -1.45.